The van der Waals surface area contributed by atoms with Crippen LogP contribution < -0.4 is 0 Å². The van der Waals surface area contributed by atoms with Crippen molar-refractivity contribution in [1.82, 2.24) is 0 Å². The summed E-state index contributed by atoms with van der Waals surface area (Å²) in [5.74, 6) is -0.803. The van der Waals surface area contributed by atoms with E-state index in [9.17, 15) is 4.79 Å². The molecule has 3 aromatic rings. The third-order valence-electron chi connectivity index (χ3n) is 3.41. The van der Waals surface area contributed by atoms with Gasteiger partial charge >= 0.3 is 5.97 Å². The van der Waals surface area contributed by atoms with Crippen molar-refractivity contribution in [3.63, 3.8) is 0 Å². The predicted octanol–water partition coefficient (Wildman–Crippen LogP) is 4.13. The number of carboxylic acid groups (broad SMARTS) is 1. The minimum atomic E-state index is -0.803. The van der Waals surface area contributed by atoms with E-state index < -0.39 is 5.97 Å². The van der Waals surface area contributed by atoms with Crippen LogP contribution in [0.5, 0.6) is 0 Å². The summed E-state index contributed by atoms with van der Waals surface area (Å²) >= 11 is 0. The van der Waals surface area contributed by atoms with Gasteiger partial charge in [-0.3, -0.25) is 4.79 Å². The molecule has 0 spiro atoms. The van der Waals surface area contributed by atoms with E-state index >= 15 is 0 Å². The third-order valence-corrected chi connectivity index (χ3v) is 3.41. The van der Waals surface area contributed by atoms with E-state index in [0.717, 1.165) is 11.1 Å². The van der Waals surface area contributed by atoms with Crippen molar-refractivity contribution in [3.8, 4) is 11.1 Å². The molecule has 0 saturated heterocycles. The van der Waals surface area contributed by atoms with Crippen molar-refractivity contribution < 1.29 is 9.90 Å². The Morgan fingerprint density at radius 1 is 0.850 bits per heavy atom. The summed E-state index contributed by atoms with van der Waals surface area (Å²) in [5.41, 5.74) is 3.10. The van der Waals surface area contributed by atoms with Gasteiger partial charge in [0.05, 0.1) is 6.42 Å². The summed E-state index contributed by atoms with van der Waals surface area (Å²) < 4.78 is 0. The van der Waals surface area contributed by atoms with Crippen LogP contribution in [-0.4, -0.2) is 11.1 Å². The van der Waals surface area contributed by atoms with Crippen LogP contribution in [0, 0.1) is 0 Å². The van der Waals surface area contributed by atoms with Crippen LogP contribution in [0.2, 0.25) is 0 Å². The number of carbonyl (C=O) groups is 1. The molecule has 0 aromatic heterocycles. The van der Waals surface area contributed by atoms with Gasteiger partial charge in [0.25, 0.3) is 0 Å². The van der Waals surface area contributed by atoms with Crippen LogP contribution in [0.15, 0.2) is 66.7 Å². The van der Waals surface area contributed by atoms with Gasteiger partial charge in [0.1, 0.15) is 0 Å². The Hall–Kier alpha value is -2.61. The molecule has 98 valence electrons. The van der Waals surface area contributed by atoms with E-state index in [1.165, 1.54) is 16.3 Å². The molecule has 20 heavy (non-hydrogen) atoms. The van der Waals surface area contributed by atoms with E-state index in [4.69, 9.17) is 5.11 Å². The van der Waals surface area contributed by atoms with Gasteiger partial charge in [0.2, 0.25) is 0 Å². The highest BCUT2D eigenvalue weighted by Gasteiger charge is 2.04. The monoisotopic (exact) mass is 262 g/mol. The standard InChI is InChI=1S/C18H14O2/c19-18(20)12-13-8-10-15(11-9-13)17-7-3-5-14-4-1-2-6-16(14)17/h1-11H,12H2,(H,19,20). The van der Waals surface area contributed by atoms with E-state index in [1.54, 1.807) is 0 Å². The highest BCUT2D eigenvalue weighted by atomic mass is 16.4. The largest absolute Gasteiger partial charge is 0.481 e. The van der Waals surface area contributed by atoms with Gasteiger partial charge in [-0.05, 0) is 27.5 Å². The lowest BCUT2D eigenvalue weighted by molar-refractivity contribution is -0.136. The molecule has 0 unspecified atom stereocenters. The van der Waals surface area contributed by atoms with Crippen molar-refractivity contribution in [2.45, 2.75) is 6.42 Å². The SMILES string of the molecule is O=C(O)Cc1ccc(-c2cccc3ccccc23)cc1. The minimum Gasteiger partial charge on any atom is -0.481 e. The maximum absolute atomic E-state index is 10.7. The van der Waals surface area contributed by atoms with Crippen LogP contribution in [0.25, 0.3) is 21.9 Å². The van der Waals surface area contributed by atoms with Gasteiger partial charge in [-0.2, -0.15) is 0 Å². The highest BCUT2D eigenvalue weighted by Crippen LogP contribution is 2.28. The molecule has 2 heteroatoms. The Kier molecular flexibility index (Phi) is 3.21. The average Bonchev–Trinajstić information content (AvgIpc) is 2.47. The molecule has 0 radical (unpaired) electrons. The van der Waals surface area contributed by atoms with Crippen molar-refractivity contribution in [2.75, 3.05) is 0 Å². The van der Waals surface area contributed by atoms with Gasteiger partial charge in [0.15, 0.2) is 0 Å². The molecule has 0 amide bonds. The molecule has 0 aliphatic carbocycles. The van der Waals surface area contributed by atoms with E-state index in [0.29, 0.717) is 0 Å². The molecular weight excluding hydrogens is 248 g/mol. The predicted molar refractivity (Wildman–Crippen MR) is 80.7 cm³/mol. The lowest BCUT2D eigenvalue weighted by atomic mass is 9.97. The zero-order chi connectivity index (χ0) is 13.9. The van der Waals surface area contributed by atoms with E-state index in [2.05, 4.69) is 24.3 Å². The second kappa shape index (κ2) is 5.17. The summed E-state index contributed by atoms with van der Waals surface area (Å²) in [6.07, 6.45) is 0.0653. The minimum absolute atomic E-state index is 0.0653. The fourth-order valence-electron chi connectivity index (χ4n) is 2.45. The molecule has 0 atom stereocenters. The first-order chi connectivity index (χ1) is 9.74. The molecule has 0 fully saturated rings. The molecular formula is C18H14O2. The normalized spacial score (nSPS) is 10.6. The zero-order valence-corrected chi connectivity index (χ0v) is 10.9. The average molecular weight is 262 g/mol. The molecule has 0 saturated carbocycles. The number of aliphatic carboxylic acids is 1. The maximum Gasteiger partial charge on any atom is 0.307 e. The van der Waals surface area contributed by atoms with Crippen LogP contribution in [0.4, 0.5) is 0 Å². The van der Waals surface area contributed by atoms with Crippen molar-refractivity contribution in [2.24, 2.45) is 0 Å². The highest BCUT2D eigenvalue weighted by molar-refractivity contribution is 5.96. The summed E-state index contributed by atoms with van der Waals surface area (Å²) in [4.78, 5) is 10.7. The van der Waals surface area contributed by atoms with Crippen molar-refractivity contribution in [3.05, 3.63) is 72.3 Å². The van der Waals surface area contributed by atoms with Gasteiger partial charge in [-0.25, -0.2) is 0 Å². The van der Waals surface area contributed by atoms with Crippen molar-refractivity contribution in [1.29, 1.82) is 0 Å². The van der Waals surface area contributed by atoms with Crippen LogP contribution >= 0.6 is 0 Å². The Bertz CT molecular complexity index is 752. The van der Waals surface area contributed by atoms with Crippen LogP contribution in [0.1, 0.15) is 5.56 Å². The Labute approximate surface area is 117 Å². The molecule has 0 heterocycles. The first kappa shape index (κ1) is 12.4. The fraction of sp³-hybridized carbons (Fsp3) is 0.0556. The van der Waals surface area contributed by atoms with Gasteiger partial charge in [-0.1, -0.05) is 66.7 Å². The second-order valence-electron chi connectivity index (χ2n) is 4.79. The van der Waals surface area contributed by atoms with E-state index in [1.807, 2.05) is 42.5 Å². The zero-order valence-electron chi connectivity index (χ0n) is 10.9. The Morgan fingerprint density at radius 2 is 1.55 bits per heavy atom. The van der Waals surface area contributed by atoms with Crippen LogP contribution in [0.3, 0.4) is 0 Å². The molecule has 0 bridgehead atoms. The Morgan fingerprint density at radius 3 is 2.30 bits per heavy atom. The topological polar surface area (TPSA) is 37.3 Å². The fourth-order valence-corrected chi connectivity index (χ4v) is 2.45. The lowest BCUT2D eigenvalue weighted by Crippen LogP contribution is -1.99. The van der Waals surface area contributed by atoms with Crippen molar-refractivity contribution >= 4 is 16.7 Å². The maximum atomic E-state index is 10.7. The quantitative estimate of drug-likeness (QED) is 0.770. The molecule has 3 rings (SSSR count). The first-order valence-electron chi connectivity index (χ1n) is 6.53. The Balaban J connectivity index is 2.05. The third kappa shape index (κ3) is 2.41. The summed E-state index contributed by atoms with van der Waals surface area (Å²) in [6, 6.07) is 22.2. The number of hydrogen-bond donors (Lipinski definition) is 1. The molecule has 2 nitrogen and oxygen atoms in total. The molecule has 1 N–H and O–H groups in total. The van der Waals surface area contributed by atoms with Crippen LogP contribution in [-0.2, 0) is 11.2 Å². The second-order valence-corrected chi connectivity index (χ2v) is 4.79. The summed E-state index contributed by atoms with van der Waals surface area (Å²) in [7, 11) is 0. The number of hydrogen-bond acceptors (Lipinski definition) is 1. The van der Waals surface area contributed by atoms with Gasteiger partial charge in [0, 0.05) is 0 Å². The smallest absolute Gasteiger partial charge is 0.307 e. The van der Waals surface area contributed by atoms with E-state index in [-0.39, 0.29) is 6.42 Å². The first-order valence-corrected chi connectivity index (χ1v) is 6.53. The summed E-state index contributed by atoms with van der Waals surface area (Å²) in [6.45, 7) is 0. The summed E-state index contributed by atoms with van der Waals surface area (Å²) in [5, 5.41) is 11.2. The number of rotatable bonds is 3. The molecule has 0 aliphatic heterocycles. The number of carboxylic acids is 1. The molecule has 3 aromatic carbocycles. The lowest BCUT2D eigenvalue weighted by Gasteiger charge is -2.07. The van der Waals surface area contributed by atoms with Gasteiger partial charge < -0.3 is 5.11 Å². The number of fused-ring (bicyclic) bond motifs is 1. The van der Waals surface area contributed by atoms with Gasteiger partial charge in [-0.15, -0.1) is 0 Å². The number of benzene rings is 3. The molecule has 0 aliphatic rings.